The van der Waals surface area contributed by atoms with Crippen molar-refractivity contribution in [3.05, 3.63) is 23.8 Å². The highest BCUT2D eigenvalue weighted by Crippen LogP contribution is 2.38. The molecular weight excluding hydrogens is 336 g/mol. The molecule has 1 heterocycles. The maximum absolute atomic E-state index is 12.9. The van der Waals surface area contributed by atoms with Gasteiger partial charge in [-0.05, 0) is 55.4 Å². The maximum Gasteiger partial charge on any atom is 0.243 e. The topological polar surface area (TPSA) is 72.6 Å². The van der Waals surface area contributed by atoms with Gasteiger partial charge in [-0.1, -0.05) is 6.42 Å². The van der Waals surface area contributed by atoms with Crippen LogP contribution in [0.4, 0.5) is 0 Å². The summed E-state index contributed by atoms with van der Waals surface area (Å²) in [7, 11) is -1.86. The number of ether oxygens (including phenoxy) is 1. The molecule has 3 atom stereocenters. The van der Waals surface area contributed by atoms with Crippen molar-refractivity contribution in [2.75, 3.05) is 20.2 Å². The molecule has 0 spiro atoms. The maximum atomic E-state index is 12.9. The van der Waals surface area contributed by atoms with Crippen molar-refractivity contribution < 1.29 is 13.2 Å². The molecule has 0 amide bonds. The Morgan fingerprint density at radius 2 is 2.00 bits per heavy atom. The predicted octanol–water partition coefficient (Wildman–Crippen LogP) is 2.17. The van der Waals surface area contributed by atoms with Crippen molar-refractivity contribution in [1.82, 2.24) is 4.31 Å². The van der Waals surface area contributed by atoms with Crippen LogP contribution in [0.25, 0.3) is 0 Å². The smallest absolute Gasteiger partial charge is 0.243 e. The Labute approximate surface area is 144 Å². The molecule has 7 heteroatoms. The third-order valence-corrected chi connectivity index (χ3v) is 6.95. The normalized spacial score (nSPS) is 28.0. The highest BCUT2D eigenvalue weighted by molar-refractivity contribution is 7.89. The van der Waals surface area contributed by atoms with Crippen LogP contribution in [0, 0.1) is 18.8 Å². The molecule has 3 rings (SSSR count). The van der Waals surface area contributed by atoms with Gasteiger partial charge in [0.15, 0.2) is 0 Å². The largest absolute Gasteiger partial charge is 0.496 e. The lowest BCUT2D eigenvalue weighted by Crippen LogP contribution is -2.38. The predicted molar refractivity (Wildman–Crippen MR) is 92.5 cm³/mol. The summed E-state index contributed by atoms with van der Waals surface area (Å²) in [5.41, 5.74) is 7.02. The number of sulfonamides is 1. The molecule has 23 heavy (non-hydrogen) atoms. The molecule has 2 N–H and O–H groups in total. The fraction of sp³-hybridized carbons (Fsp3) is 0.625. The van der Waals surface area contributed by atoms with Crippen LogP contribution in [0.15, 0.2) is 23.1 Å². The molecule has 0 aromatic heterocycles. The van der Waals surface area contributed by atoms with Gasteiger partial charge in [0.1, 0.15) is 5.75 Å². The monoisotopic (exact) mass is 360 g/mol. The Hall–Kier alpha value is -0.820. The van der Waals surface area contributed by atoms with Crippen LogP contribution in [-0.4, -0.2) is 39.0 Å². The second-order valence-corrected chi connectivity index (χ2v) is 8.41. The first-order chi connectivity index (χ1) is 10.4. The first-order valence-electron chi connectivity index (χ1n) is 7.84. The first kappa shape index (κ1) is 18.5. The number of nitrogens with two attached hydrogens (primary N) is 1. The SMILES string of the molecule is COc1ccc(S(=O)(=O)N2CC3CCCC(N)C3C2)cc1C.Cl. The van der Waals surface area contributed by atoms with Gasteiger partial charge in [-0.25, -0.2) is 8.42 Å². The van der Waals surface area contributed by atoms with Gasteiger partial charge >= 0.3 is 0 Å². The summed E-state index contributed by atoms with van der Waals surface area (Å²) in [6, 6.07) is 5.17. The number of fused-ring (bicyclic) bond motifs is 1. The molecule has 130 valence electrons. The Bertz CT molecular complexity index is 665. The van der Waals surface area contributed by atoms with Crippen molar-refractivity contribution in [2.24, 2.45) is 17.6 Å². The Morgan fingerprint density at radius 1 is 1.26 bits per heavy atom. The summed E-state index contributed by atoms with van der Waals surface area (Å²) in [5.74, 6) is 1.43. The van der Waals surface area contributed by atoms with E-state index >= 15 is 0 Å². The molecule has 2 aliphatic rings. The summed E-state index contributed by atoms with van der Waals surface area (Å²) >= 11 is 0. The fourth-order valence-corrected chi connectivity index (χ4v) is 5.45. The summed E-state index contributed by atoms with van der Waals surface area (Å²) in [5, 5.41) is 0. The molecule has 5 nitrogen and oxygen atoms in total. The van der Waals surface area contributed by atoms with E-state index in [9.17, 15) is 8.42 Å². The van der Waals surface area contributed by atoms with Gasteiger partial charge in [0.05, 0.1) is 12.0 Å². The average molecular weight is 361 g/mol. The lowest BCUT2D eigenvalue weighted by Gasteiger charge is -2.29. The lowest BCUT2D eigenvalue weighted by molar-refractivity contribution is 0.260. The minimum atomic E-state index is -3.45. The fourth-order valence-electron chi connectivity index (χ4n) is 3.83. The average Bonchev–Trinajstić information content (AvgIpc) is 2.93. The van der Waals surface area contributed by atoms with E-state index in [1.807, 2.05) is 6.92 Å². The first-order valence-corrected chi connectivity index (χ1v) is 9.28. The van der Waals surface area contributed by atoms with Crippen molar-refractivity contribution in [1.29, 1.82) is 0 Å². The van der Waals surface area contributed by atoms with Crippen LogP contribution in [0.5, 0.6) is 5.75 Å². The molecule has 0 bridgehead atoms. The number of hydrogen-bond acceptors (Lipinski definition) is 4. The van der Waals surface area contributed by atoms with Crippen LogP contribution in [0.1, 0.15) is 24.8 Å². The van der Waals surface area contributed by atoms with Crippen LogP contribution >= 0.6 is 12.4 Å². The van der Waals surface area contributed by atoms with Crippen molar-refractivity contribution in [3.63, 3.8) is 0 Å². The van der Waals surface area contributed by atoms with Crippen molar-refractivity contribution in [2.45, 2.75) is 37.1 Å². The highest BCUT2D eigenvalue weighted by Gasteiger charge is 2.43. The minimum Gasteiger partial charge on any atom is -0.496 e. The van der Waals surface area contributed by atoms with E-state index in [-0.39, 0.29) is 18.4 Å². The summed E-state index contributed by atoms with van der Waals surface area (Å²) < 4.78 is 32.6. The zero-order valence-corrected chi connectivity index (χ0v) is 15.2. The third kappa shape index (κ3) is 3.36. The van der Waals surface area contributed by atoms with Gasteiger partial charge in [-0.2, -0.15) is 4.31 Å². The standard InChI is InChI=1S/C16H24N2O3S.ClH/c1-11-8-13(6-7-16(11)21-2)22(19,20)18-9-12-4-3-5-15(17)14(12)10-18;/h6-8,12,14-15H,3-5,9-10,17H2,1-2H3;1H. The number of rotatable bonds is 3. The van der Waals surface area contributed by atoms with Crippen LogP contribution in [-0.2, 0) is 10.0 Å². The highest BCUT2D eigenvalue weighted by atomic mass is 35.5. The zero-order chi connectivity index (χ0) is 15.9. The van der Waals surface area contributed by atoms with Gasteiger partial charge < -0.3 is 10.5 Å². The number of benzene rings is 1. The molecule has 1 aliphatic heterocycles. The number of methoxy groups -OCH3 is 1. The van der Waals surface area contributed by atoms with E-state index in [2.05, 4.69) is 0 Å². The zero-order valence-electron chi connectivity index (χ0n) is 13.6. The summed E-state index contributed by atoms with van der Waals surface area (Å²) in [4.78, 5) is 0.345. The molecule has 1 aliphatic carbocycles. The van der Waals surface area contributed by atoms with E-state index in [0.717, 1.165) is 24.8 Å². The van der Waals surface area contributed by atoms with Crippen LogP contribution in [0.3, 0.4) is 0 Å². The molecule has 1 saturated carbocycles. The number of aryl methyl sites for hydroxylation is 1. The molecular formula is C16H25ClN2O3S. The van der Waals surface area contributed by atoms with Crippen molar-refractivity contribution in [3.8, 4) is 5.75 Å². The summed E-state index contributed by atoms with van der Waals surface area (Å²) in [6.07, 6.45) is 3.21. The van der Waals surface area contributed by atoms with Gasteiger partial charge in [-0.3, -0.25) is 0 Å². The molecule has 1 aromatic carbocycles. The second-order valence-electron chi connectivity index (χ2n) is 6.47. The Morgan fingerprint density at radius 3 is 2.61 bits per heavy atom. The van der Waals surface area contributed by atoms with E-state index < -0.39 is 10.0 Å². The van der Waals surface area contributed by atoms with Gasteiger partial charge in [0, 0.05) is 19.1 Å². The number of nitrogens with zero attached hydrogens (tertiary/aromatic N) is 1. The quantitative estimate of drug-likeness (QED) is 0.896. The molecule has 1 saturated heterocycles. The molecule has 0 radical (unpaired) electrons. The third-order valence-electron chi connectivity index (χ3n) is 5.12. The van der Waals surface area contributed by atoms with Gasteiger partial charge in [-0.15, -0.1) is 12.4 Å². The van der Waals surface area contributed by atoms with Crippen molar-refractivity contribution >= 4 is 22.4 Å². The van der Waals surface area contributed by atoms with Gasteiger partial charge in [0.2, 0.25) is 10.0 Å². The van der Waals surface area contributed by atoms with E-state index in [4.69, 9.17) is 10.5 Å². The van der Waals surface area contributed by atoms with Gasteiger partial charge in [0.25, 0.3) is 0 Å². The Kier molecular flexibility index (Phi) is 5.61. The molecule has 3 unspecified atom stereocenters. The molecule has 2 fully saturated rings. The minimum absolute atomic E-state index is 0. The van der Waals surface area contributed by atoms with Crippen LogP contribution < -0.4 is 10.5 Å². The van der Waals surface area contributed by atoms with E-state index in [0.29, 0.717) is 35.6 Å². The van der Waals surface area contributed by atoms with E-state index in [1.165, 1.54) is 0 Å². The number of hydrogen-bond donors (Lipinski definition) is 1. The number of halogens is 1. The van der Waals surface area contributed by atoms with E-state index in [1.54, 1.807) is 29.6 Å². The summed E-state index contributed by atoms with van der Waals surface area (Å²) in [6.45, 7) is 3.02. The Balaban J connectivity index is 0.00000192. The lowest BCUT2D eigenvalue weighted by atomic mass is 9.78. The second kappa shape index (κ2) is 6.97. The molecule has 1 aromatic rings. The van der Waals surface area contributed by atoms with Crippen LogP contribution in [0.2, 0.25) is 0 Å².